The van der Waals surface area contributed by atoms with Crippen LogP contribution in [-0.2, 0) is 9.59 Å². The van der Waals surface area contributed by atoms with Gasteiger partial charge in [-0.2, -0.15) is 4.99 Å². The number of aliphatic imine (C=N–C) groups is 1. The molecule has 0 aromatic heterocycles. The maximum atomic E-state index is 13.8. The molecule has 2 aromatic rings. The van der Waals surface area contributed by atoms with Gasteiger partial charge < -0.3 is 10.6 Å². The zero-order valence-electron chi connectivity index (χ0n) is 13.5. The highest BCUT2D eigenvalue weighted by Gasteiger charge is 2.27. The van der Waals surface area contributed by atoms with Crippen LogP contribution in [-0.4, -0.2) is 30.1 Å². The lowest BCUT2D eigenvalue weighted by molar-refractivity contribution is -0.132. The van der Waals surface area contributed by atoms with Gasteiger partial charge in [-0.05, 0) is 24.4 Å². The first kappa shape index (κ1) is 16.8. The Morgan fingerprint density at radius 2 is 1.92 bits per heavy atom. The van der Waals surface area contributed by atoms with Crippen LogP contribution >= 0.6 is 0 Å². The van der Waals surface area contributed by atoms with Crippen LogP contribution in [0, 0.1) is 11.7 Å². The lowest BCUT2D eigenvalue weighted by Crippen LogP contribution is -2.43. The van der Waals surface area contributed by atoms with Gasteiger partial charge in [-0.25, -0.2) is 4.39 Å². The molecule has 2 N–H and O–H groups in total. The monoisotopic (exact) mass is 341 g/mol. The molecule has 7 heteroatoms. The Labute approximate surface area is 143 Å². The summed E-state index contributed by atoms with van der Waals surface area (Å²) < 4.78 is 13.8. The van der Waals surface area contributed by atoms with Crippen LogP contribution in [0.1, 0.15) is 23.7 Å². The van der Waals surface area contributed by atoms with E-state index >= 15 is 0 Å². The minimum atomic E-state index is -0.788. The fourth-order valence-corrected chi connectivity index (χ4v) is 2.59. The predicted octanol–water partition coefficient (Wildman–Crippen LogP) is 1.79. The molecule has 0 aliphatic carbocycles. The maximum absolute atomic E-state index is 13.8. The van der Waals surface area contributed by atoms with Crippen molar-refractivity contribution in [3.63, 3.8) is 0 Å². The Bertz CT molecular complexity index is 908. The number of amides is 3. The summed E-state index contributed by atoms with van der Waals surface area (Å²) in [5.41, 5.74) is 0.358. The van der Waals surface area contributed by atoms with Crippen molar-refractivity contribution in [3.8, 4) is 0 Å². The average molecular weight is 341 g/mol. The van der Waals surface area contributed by atoms with Crippen LogP contribution in [0.15, 0.2) is 41.4 Å². The first-order valence-corrected chi connectivity index (χ1v) is 7.85. The molecule has 1 unspecified atom stereocenters. The van der Waals surface area contributed by atoms with Gasteiger partial charge in [0.1, 0.15) is 17.6 Å². The molecule has 3 amide bonds. The summed E-state index contributed by atoms with van der Waals surface area (Å²) in [5, 5.41) is 6.12. The predicted molar refractivity (Wildman–Crippen MR) is 90.6 cm³/mol. The highest BCUT2D eigenvalue weighted by atomic mass is 19.1. The van der Waals surface area contributed by atoms with Crippen LogP contribution in [0.25, 0.3) is 10.8 Å². The summed E-state index contributed by atoms with van der Waals surface area (Å²) in [6, 6.07) is 9.41. The number of benzene rings is 2. The smallest absolute Gasteiger partial charge is 0.259 e. The quantitative estimate of drug-likeness (QED) is 0.831. The Balaban J connectivity index is 1.68. The van der Waals surface area contributed by atoms with E-state index < -0.39 is 17.7 Å². The summed E-state index contributed by atoms with van der Waals surface area (Å²) >= 11 is 0. The van der Waals surface area contributed by atoms with Crippen molar-refractivity contribution >= 4 is 34.3 Å². The molecule has 0 spiro atoms. The van der Waals surface area contributed by atoms with Gasteiger partial charge in [-0.15, -0.1) is 0 Å². The third-order valence-electron chi connectivity index (χ3n) is 4.04. The number of amidine groups is 1. The summed E-state index contributed by atoms with van der Waals surface area (Å²) in [5.74, 6) is -2.19. The molecule has 3 rings (SSSR count). The zero-order valence-corrected chi connectivity index (χ0v) is 13.5. The number of rotatable bonds is 4. The van der Waals surface area contributed by atoms with Crippen molar-refractivity contribution in [2.75, 3.05) is 6.54 Å². The molecule has 128 valence electrons. The molecule has 0 radical (unpaired) electrons. The van der Waals surface area contributed by atoms with Gasteiger partial charge in [0.15, 0.2) is 0 Å². The minimum absolute atomic E-state index is 0.186. The van der Waals surface area contributed by atoms with Gasteiger partial charge in [0.05, 0.1) is 0 Å². The van der Waals surface area contributed by atoms with Gasteiger partial charge >= 0.3 is 0 Å². The fourth-order valence-electron chi connectivity index (χ4n) is 2.59. The van der Waals surface area contributed by atoms with Crippen LogP contribution < -0.4 is 10.6 Å². The van der Waals surface area contributed by atoms with E-state index in [2.05, 4.69) is 15.6 Å². The molecule has 0 saturated carbocycles. The van der Waals surface area contributed by atoms with E-state index in [1.807, 2.05) is 0 Å². The van der Waals surface area contributed by atoms with Crippen LogP contribution in [0.5, 0.6) is 0 Å². The van der Waals surface area contributed by atoms with E-state index in [0.29, 0.717) is 16.3 Å². The summed E-state index contributed by atoms with van der Waals surface area (Å²) in [6.45, 7) is 1.67. The van der Waals surface area contributed by atoms with E-state index in [9.17, 15) is 18.8 Å². The number of hydrogen-bond donors (Lipinski definition) is 2. The van der Waals surface area contributed by atoms with Gasteiger partial charge in [0.25, 0.3) is 11.8 Å². The number of nitrogens with one attached hydrogen (secondary N) is 2. The molecule has 1 aliphatic rings. The third-order valence-corrected chi connectivity index (χ3v) is 4.04. The van der Waals surface area contributed by atoms with E-state index in [1.54, 1.807) is 24.3 Å². The van der Waals surface area contributed by atoms with Crippen LogP contribution in [0.2, 0.25) is 0 Å². The molecule has 6 nitrogen and oxygen atoms in total. The molecular formula is C18H16FN3O3. The molecule has 1 heterocycles. The SMILES string of the molecule is CC1C(=O)N=C(CCNC(=O)c2ccc(F)c3ccccc23)NC1=O. The summed E-state index contributed by atoms with van der Waals surface area (Å²) in [7, 11) is 0. The second kappa shape index (κ2) is 6.80. The second-order valence-electron chi connectivity index (χ2n) is 5.75. The standard InChI is InChI=1S/C18H16FN3O3/c1-10-16(23)21-15(22-17(10)24)8-9-20-18(25)13-6-7-14(19)12-5-3-2-4-11(12)13/h2-7,10H,8-9H2,1H3,(H,20,25)(H,21,22,23,24). The molecule has 0 bridgehead atoms. The van der Waals surface area contributed by atoms with Crippen LogP contribution in [0.3, 0.4) is 0 Å². The normalized spacial score (nSPS) is 17.2. The number of carbonyl (C=O) groups is 3. The van der Waals surface area contributed by atoms with Crippen molar-refractivity contribution in [2.45, 2.75) is 13.3 Å². The van der Waals surface area contributed by atoms with Crippen molar-refractivity contribution in [1.29, 1.82) is 0 Å². The highest BCUT2D eigenvalue weighted by Crippen LogP contribution is 2.21. The van der Waals surface area contributed by atoms with Gasteiger partial charge in [-0.1, -0.05) is 24.3 Å². The molecular weight excluding hydrogens is 325 g/mol. The molecule has 25 heavy (non-hydrogen) atoms. The molecule has 1 atom stereocenters. The van der Waals surface area contributed by atoms with Crippen molar-refractivity contribution in [1.82, 2.24) is 10.6 Å². The summed E-state index contributed by atoms with van der Waals surface area (Å²) in [6.07, 6.45) is 0.217. The van der Waals surface area contributed by atoms with Crippen LogP contribution in [0.4, 0.5) is 4.39 Å². The molecule has 0 saturated heterocycles. The first-order valence-electron chi connectivity index (χ1n) is 7.85. The molecule has 0 fully saturated rings. The minimum Gasteiger partial charge on any atom is -0.352 e. The van der Waals surface area contributed by atoms with Gasteiger partial charge in [0.2, 0.25) is 5.91 Å². The number of fused-ring (bicyclic) bond motifs is 1. The number of carbonyl (C=O) groups excluding carboxylic acids is 3. The average Bonchev–Trinajstić information content (AvgIpc) is 2.60. The Morgan fingerprint density at radius 3 is 2.64 bits per heavy atom. The Hall–Kier alpha value is -3.09. The lowest BCUT2D eigenvalue weighted by atomic mass is 10.0. The molecule has 2 aromatic carbocycles. The maximum Gasteiger partial charge on any atom is 0.259 e. The van der Waals surface area contributed by atoms with Crippen molar-refractivity contribution in [2.24, 2.45) is 10.9 Å². The largest absolute Gasteiger partial charge is 0.352 e. The van der Waals surface area contributed by atoms with E-state index in [0.717, 1.165) is 0 Å². The van der Waals surface area contributed by atoms with E-state index in [-0.39, 0.29) is 30.5 Å². The topological polar surface area (TPSA) is 87.6 Å². The number of nitrogens with zero attached hydrogens (tertiary/aromatic N) is 1. The number of hydrogen-bond acceptors (Lipinski definition) is 3. The fraction of sp³-hybridized carbons (Fsp3) is 0.222. The van der Waals surface area contributed by atoms with Crippen molar-refractivity contribution in [3.05, 3.63) is 47.8 Å². The second-order valence-corrected chi connectivity index (χ2v) is 5.75. The Morgan fingerprint density at radius 1 is 1.20 bits per heavy atom. The highest BCUT2D eigenvalue weighted by molar-refractivity contribution is 6.15. The number of halogens is 1. The van der Waals surface area contributed by atoms with Crippen molar-refractivity contribution < 1.29 is 18.8 Å². The Kier molecular flexibility index (Phi) is 4.56. The van der Waals surface area contributed by atoms with E-state index in [1.165, 1.54) is 19.1 Å². The van der Waals surface area contributed by atoms with E-state index in [4.69, 9.17) is 0 Å². The third kappa shape index (κ3) is 3.40. The summed E-state index contributed by atoms with van der Waals surface area (Å²) in [4.78, 5) is 39.3. The zero-order chi connectivity index (χ0) is 18.0. The first-order chi connectivity index (χ1) is 12.0. The van der Waals surface area contributed by atoms with Gasteiger partial charge in [0, 0.05) is 23.9 Å². The van der Waals surface area contributed by atoms with Gasteiger partial charge in [-0.3, -0.25) is 14.4 Å². The molecule has 1 aliphatic heterocycles. The lowest BCUT2D eigenvalue weighted by Gasteiger charge is -2.17.